The lowest BCUT2D eigenvalue weighted by atomic mass is 10.0. The predicted octanol–water partition coefficient (Wildman–Crippen LogP) is 4.81. The van der Waals surface area contributed by atoms with Gasteiger partial charge in [0.2, 0.25) is 5.91 Å². The maximum Gasteiger partial charge on any atom is 0.253 e. The van der Waals surface area contributed by atoms with Crippen LogP contribution in [0.1, 0.15) is 48.0 Å². The van der Waals surface area contributed by atoms with E-state index in [4.69, 9.17) is 11.6 Å². The number of alkyl halides is 1. The van der Waals surface area contributed by atoms with Crippen molar-refractivity contribution in [3.8, 4) is 0 Å². The van der Waals surface area contributed by atoms with Gasteiger partial charge in [0, 0.05) is 49.2 Å². The van der Waals surface area contributed by atoms with Crippen molar-refractivity contribution in [3.05, 3.63) is 65.7 Å². The van der Waals surface area contributed by atoms with Gasteiger partial charge in [-0.15, -0.1) is 11.6 Å². The molecule has 0 saturated carbocycles. The molecule has 0 unspecified atom stereocenters. The van der Waals surface area contributed by atoms with Gasteiger partial charge in [0.1, 0.15) is 0 Å². The number of amides is 2. The highest BCUT2D eigenvalue weighted by Crippen LogP contribution is 2.20. The highest BCUT2D eigenvalue weighted by molar-refractivity contribution is 6.17. The molecule has 172 valence electrons. The number of anilines is 1. The highest BCUT2D eigenvalue weighted by atomic mass is 35.5. The zero-order valence-electron chi connectivity index (χ0n) is 18.9. The summed E-state index contributed by atoms with van der Waals surface area (Å²) < 4.78 is 0. The average molecular weight is 456 g/mol. The number of carbonyl (C=O) groups excluding carboxylic acids is 2. The van der Waals surface area contributed by atoms with Gasteiger partial charge in [-0.1, -0.05) is 36.4 Å². The monoisotopic (exact) mass is 455 g/mol. The fourth-order valence-corrected chi connectivity index (χ4v) is 4.35. The van der Waals surface area contributed by atoms with E-state index in [2.05, 4.69) is 41.5 Å². The first-order valence-electron chi connectivity index (χ1n) is 11.6. The van der Waals surface area contributed by atoms with Crippen LogP contribution in [0.25, 0.3) is 0 Å². The Hall–Kier alpha value is -2.37. The van der Waals surface area contributed by atoms with E-state index in [1.165, 1.54) is 5.56 Å². The Bertz CT molecular complexity index is 866. The van der Waals surface area contributed by atoms with Crippen molar-refractivity contribution in [2.75, 3.05) is 37.9 Å². The Balaban J connectivity index is 1.47. The van der Waals surface area contributed by atoms with Gasteiger partial charge in [-0.2, -0.15) is 0 Å². The Morgan fingerprint density at radius 2 is 1.81 bits per heavy atom. The Morgan fingerprint density at radius 1 is 1.06 bits per heavy atom. The molecule has 1 aliphatic heterocycles. The summed E-state index contributed by atoms with van der Waals surface area (Å²) in [5.41, 5.74) is 2.65. The number of unbranched alkanes of at least 4 members (excludes halogenated alkanes) is 1. The number of hydrogen-bond acceptors (Lipinski definition) is 3. The van der Waals surface area contributed by atoms with Gasteiger partial charge >= 0.3 is 0 Å². The second-order valence-electron chi connectivity index (χ2n) is 8.51. The first-order valence-corrected chi connectivity index (χ1v) is 12.1. The van der Waals surface area contributed by atoms with Crippen molar-refractivity contribution >= 4 is 29.1 Å². The Labute approximate surface area is 196 Å². The van der Waals surface area contributed by atoms with Crippen molar-refractivity contribution in [2.24, 2.45) is 0 Å². The summed E-state index contributed by atoms with van der Waals surface area (Å²) >= 11 is 5.67. The number of benzene rings is 2. The summed E-state index contributed by atoms with van der Waals surface area (Å²) in [6.07, 6.45) is 5.03. The van der Waals surface area contributed by atoms with Crippen molar-refractivity contribution in [2.45, 2.75) is 44.6 Å². The average Bonchev–Trinajstić information content (AvgIpc) is 2.83. The maximum absolute atomic E-state index is 13.0. The molecule has 1 fully saturated rings. The van der Waals surface area contributed by atoms with Crippen molar-refractivity contribution in [1.82, 2.24) is 9.80 Å². The van der Waals surface area contributed by atoms with Gasteiger partial charge in [-0.05, 0) is 62.9 Å². The zero-order valence-corrected chi connectivity index (χ0v) is 19.7. The zero-order chi connectivity index (χ0) is 22.8. The summed E-state index contributed by atoms with van der Waals surface area (Å²) in [6.45, 7) is 2.54. The molecule has 2 aromatic rings. The lowest BCUT2D eigenvalue weighted by Gasteiger charge is -2.37. The molecular weight excluding hydrogens is 422 g/mol. The third kappa shape index (κ3) is 7.35. The number of rotatable bonds is 10. The molecule has 5 nitrogen and oxygen atoms in total. The van der Waals surface area contributed by atoms with E-state index >= 15 is 0 Å². The van der Waals surface area contributed by atoms with E-state index in [9.17, 15) is 9.59 Å². The van der Waals surface area contributed by atoms with E-state index in [-0.39, 0.29) is 11.8 Å². The van der Waals surface area contributed by atoms with Crippen LogP contribution >= 0.6 is 11.6 Å². The van der Waals surface area contributed by atoms with Crippen molar-refractivity contribution in [1.29, 1.82) is 0 Å². The van der Waals surface area contributed by atoms with Crippen LogP contribution in [0.3, 0.4) is 0 Å². The first kappa shape index (κ1) is 24.3. The standard InChI is InChI=1S/C26H34ClN3O2/c1-29(17-13-21-8-3-2-4-9-21)24-14-18-30(19-15-24)26(32)22-10-7-11-23(20-22)28-25(31)12-5-6-16-27/h2-4,7-11,20,24H,5-6,12-19H2,1H3,(H,28,31). The fraction of sp³-hybridized carbons (Fsp3) is 0.462. The van der Waals surface area contributed by atoms with Gasteiger partial charge in [0.05, 0.1) is 0 Å². The van der Waals surface area contributed by atoms with Gasteiger partial charge in [0.15, 0.2) is 0 Å². The molecule has 0 bridgehead atoms. The molecule has 6 heteroatoms. The third-order valence-electron chi connectivity index (χ3n) is 6.15. The summed E-state index contributed by atoms with van der Waals surface area (Å²) in [6, 6.07) is 18.3. The summed E-state index contributed by atoms with van der Waals surface area (Å²) in [5.74, 6) is 0.559. The van der Waals surface area contributed by atoms with Crippen LogP contribution in [0, 0.1) is 0 Å². The van der Waals surface area contributed by atoms with Gasteiger partial charge in [0.25, 0.3) is 5.91 Å². The minimum Gasteiger partial charge on any atom is -0.339 e. The van der Waals surface area contributed by atoms with Gasteiger partial charge in [-0.3, -0.25) is 9.59 Å². The summed E-state index contributed by atoms with van der Waals surface area (Å²) in [4.78, 5) is 29.4. The molecule has 3 rings (SSSR count). The second kappa shape index (κ2) is 12.6. The van der Waals surface area contributed by atoms with Gasteiger partial charge < -0.3 is 15.1 Å². The van der Waals surface area contributed by atoms with Crippen LogP contribution in [-0.4, -0.2) is 60.2 Å². The number of piperidine rings is 1. The smallest absolute Gasteiger partial charge is 0.253 e. The first-order chi connectivity index (χ1) is 15.6. The lowest BCUT2D eigenvalue weighted by molar-refractivity contribution is -0.116. The van der Waals surface area contributed by atoms with Crippen molar-refractivity contribution < 1.29 is 9.59 Å². The number of likely N-dealkylation sites (N-methyl/N-ethyl adjacent to an activating group) is 1. The minimum absolute atomic E-state index is 0.0358. The largest absolute Gasteiger partial charge is 0.339 e. The summed E-state index contributed by atoms with van der Waals surface area (Å²) in [5, 5.41) is 2.89. The number of carbonyl (C=O) groups is 2. The van der Waals surface area contributed by atoms with Gasteiger partial charge in [-0.25, -0.2) is 0 Å². The molecule has 0 atom stereocenters. The quantitative estimate of drug-likeness (QED) is 0.413. The van der Waals surface area contributed by atoms with E-state index in [0.717, 1.165) is 51.7 Å². The molecule has 1 saturated heterocycles. The molecule has 1 heterocycles. The van der Waals surface area contributed by atoms with E-state index in [1.807, 2.05) is 29.2 Å². The molecule has 0 radical (unpaired) electrons. The SMILES string of the molecule is CN(CCc1ccccc1)C1CCN(C(=O)c2cccc(NC(=O)CCCCCl)c2)CC1. The molecule has 32 heavy (non-hydrogen) atoms. The van der Waals surface area contributed by atoms with E-state index in [1.54, 1.807) is 6.07 Å². The maximum atomic E-state index is 13.0. The molecule has 2 aromatic carbocycles. The molecule has 0 aliphatic carbocycles. The molecule has 0 aromatic heterocycles. The Morgan fingerprint density at radius 3 is 2.53 bits per heavy atom. The number of nitrogens with one attached hydrogen (secondary N) is 1. The van der Waals surface area contributed by atoms with Crippen LogP contribution < -0.4 is 5.32 Å². The molecular formula is C26H34ClN3O2. The highest BCUT2D eigenvalue weighted by Gasteiger charge is 2.26. The number of likely N-dealkylation sites (tertiary alicyclic amines) is 1. The van der Waals surface area contributed by atoms with Crippen LogP contribution in [0.15, 0.2) is 54.6 Å². The fourth-order valence-electron chi connectivity index (χ4n) is 4.16. The predicted molar refractivity (Wildman–Crippen MR) is 131 cm³/mol. The van der Waals surface area contributed by atoms with Crippen LogP contribution in [-0.2, 0) is 11.2 Å². The van der Waals surface area contributed by atoms with Crippen LogP contribution in [0.2, 0.25) is 0 Å². The third-order valence-corrected chi connectivity index (χ3v) is 6.42. The van der Waals surface area contributed by atoms with Crippen LogP contribution in [0.5, 0.6) is 0 Å². The molecule has 1 aliphatic rings. The molecule has 0 spiro atoms. The van der Waals surface area contributed by atoms with Crippen molar-refractivity contribution in [3.63, 3.8) is 0 Å². The van der Waals surface area contributed by atoms with E-state index in [0.29, 0.717) is 29.6 Å². The second-order valence-corrected chi connectivity index (χ2v) is 8.89. The summed E-state index contributed by atoms with van der Waals surface area (Å²) in [7, 11) is 2.18. The molecule has 1 N–H and O–H groups in total. The number of halogens is 1. The van der Waals surface area contributed by atoms with Crippen LogP contribution in [0.4, 0.5) is 5.69 Å². The number of nitrogens with zero attached hydrogens (tertiary/aromatic N) is 2. The van der Waals surface area contributed by atoms with E-state index < -0.39 is 0 Å². The normalized spacial score (nSPS) is 14.5. The number of hydrogen-bond donors (Lipinski definition) is 1. The Kier molecular flexibility index (Phi) is 9.57. The topological polar surface area (TPSA) is 52.6 Å². The molecule has 2 amide bonds. The lowest BCUT2D eigenvalue weighted by Crippen LogP contribution is -2.46. The minimum atomic E-state index is -0.0425.